The van der Waals surface area contributed by atoms with Crippen LogP contribution in [0.5, 0.6) is 0 Å². The van der Waals surface area contributed by atoms with E-state index in [1.54, 1.807) is 24.2 Å². The highest BCUT2D eigenvalue weighted by Crippen LogP contribution is 2.22. The van der Waals surface area contributed by atoms with E-state index in [1.165, 1.54) is 0 Å². The molecule has 0 aliphatic heterocycles. The first kappa shape index (κ1) is 8.33. The van der Waals surface area contributed by atoms with Gasteiger partial charge in [0.05, 0.1) is 18.1 Å². The molecule has 1 atom stereocenters. The fourth-order valence-electron chi connectivity index (χ4n) is 0.679. The highest BCUT2D eigenvalue weighted by Gasteiger charge is 2.03. The average molecular weight is 169 g/mol. The lowest BCUT2D eigenvalue weighted by molar-refractivity contribution is 0.983. The van der Waals surface area contributed by atoms with E-state index in [1.807, 2.05) is 6.26 Å². The van der Waals surface area contributed by atoms with Gasteiger partial charge < -0.3 is 5.73 Å². The van der Waals surface area contributed by atoms with Gasteiger partial charge in [0.25, 0.3) is 0 Å². The molecular weight excluding hydrogens is 158 g/mol. The van der Waals surface area contributed by atoms with Crippen LogP contribution in [0.15, 0.2) is 12.4 Å². The standard InChI is InChI=1S/C7H11N3S/c1-5(11-2)6-3-10-7(8)4-9-6/h3-5H,1-2H3,(H2,8,10). The SMILES string of the molecule is CSC(C)c1cnc(N)cn1. The maximum atomic E-state index is 5.39. The van der Waals surface area contributed by atoms with Crippen LogP contribution in [-0.2, 0) is 0 Å². The van der Waals surface area contributed by atoms with Gasteiger partial charge in [-0.2, -0.15) is 11.8 Å². The molecule has 11 heavy (non-hydrogen) atoms. The maximum absolute atomic E-state index is 5.39. The van der Waals surface area contributed by atoms with E-state index >= 15 is 0 Å². The normalized spacial score (nSPS) is 12.9. The number of rotatable bonds is 2. The Morgan fingerprint density at radius 3 is 2.64 bits per heavy atom. The molecule has 0 bridgehead atoms. The fourth-order valence-corrected chi connectivity index (χ4v) is 1.04. The van der Waals surface area contributed by atoms with Gasteiger partial charge >= 0.3 is 0 Å². The van der Waals surface area contributed by atoms with Crippen LogP contribution in [0.1, 0.15) is 17.9 Å². The topological polar surface area (TPSA) is 51.8 Å². The average Bonchev–Trinajstić information content (AvgIpc) is 2.05. The molecule has 1 rings (SSSR count). The molecule has 2 N–H and O–H groups in total. The summed E-state index contributed by atoms with van der Waals surface area (Å²) in [7, 11) is 0. The number of anilines is 1. The smallest absolute Gasteiger partial charge is 0.141 e. The fraction of sp³-hybridized carbons (Fsp3) is 0.429. The summed E-state index contributed by atoms with van der Waals surface area (Å²) < 4.78 is 0. The van der Waals surface area contributed by atoms with Gasteiger partial charge in [0, 0.05) is 5.25 Å². The van der Waals surface area contributed by atoms with E-state index in [4.69, 9.17) is 5.73 Å². The Kier molecular flexibility index (Phi) is 2.70. The van der Waals surface area contributed by atoms with Crippen LogP contribution < -0.4 is 5.73 Å². The van der Waals surface area contributed by atoms with Crippen molar-refractivity contribution < 1.29 is 0 Å². The van der Waals surface area contributed by atoms with Gasteiger partial charge in [-0.05, 0) is 13.2 Å². The summed E-state index contributed by atoms with van der Waals surface area (Å²) in [4.78, 5) is 8.09. The van der Waals surface area contributed by atoms with Gasteiger partial charge in [-0.1, -0.05) is 0 Å². The summed E-state index contributed by atoms with van der Waals surface area (Å²) in [6.07, 6.45) is 5.35. The molecule has 0 radical (unpaired) electrons. The molecule has 0 spiro atoms. The van der Waals surface area contributed by atoms with Gasteiger partial charge in [0.15, 0.2) is 0 Å². The van der Waals surface area contributed by atoms with Crippen LogP contribution in [0.3, 0.4) is 0 Å². The number of hydrogen-bond donors (Lipinski definition) is 1. The van der Waals surface area contributed by atoms with Gasteiger partial charge in [0.2, 0.25) is 0 Å². The number of nitrogens with two attached hydrogens (primary N) is 1. The zero-order chi connectivity index (χ0) is 8.27. The van der Waals surface area contributed by atoms with Crippen molar-refractivity contribution in [1.82, 2.24) is 9.97 Å². The zero-order valence-corrected chi connectivity index (χ0v) is 7.43. The molecule has 4 heteroatoms. The molecule has 0 saturated carbocycles. The first-order valence-electron chi connectivity index (χ1n) is 3.34. The van der Waals surface area contributed by atoms with Crippen molar-refractivity contribution in [1.29, 1.82) is 0 Å². The third-order valence-corrected chi connectivity index (χ3v) is 2.41. The van der Waals surface area contributed by atoms with E-state index in [2.05, 4.69) is 16.9 Å². The lowest BCUT2D eigenvalue weighted by Gasteiger charge is -2.05. The summed E-state index contributed by atoms with van der Waals surface area (Å²) in [6.45, 7) is 2.09. The van der Waals surface area contributed by atoms with Crippen LogP contribution in [-0.4, -0.2) is 16.2 Å². The highest BCUT2D eigenvalue weighted by molar-refractivity contribution is 7.98. The summed E-state index contributed by atoms with van der Waals surface area (Å²) in [5.41, 5.74) is 6.37. The Morgan fingerprint density at radius 2 is 2.18 bits per heavy atom. The van der Waals surface area contributed by atoms with Crippen LogP contribution in [0, 0.1) is 0 Å². The summed E-state index contributed by atoms with van der Waals surface area (Å²) in [5, 5.41) is 0.392. The van der Waals surface area contributed by atoms with Crippen molar-refractivity contribution in [3.05, 3.63) is 18.1 Å². The number of thioether (sulfide) groups is 1. The van der Waals surface area contributed by atoms with Gasteiger partial charge in [-0.3, -0.25) is 4.98 Å². The molecule has 0 aliphatic rings. The molecule has 0 amide bonds. The van der Waals surface area contributed by atoms with Crippen molar-refractivity contribution in [3.8, 4) is 0 Å². The molecule has 0 saturated heterocycles. The summed E-state index contributed by atoms with van der Waals surface area (Å²) in [5.74, 6) is 0.474. The minimum Gasteiger partial charge on any atom is -0.382 e. The quantitative estimate of drug-likeness (QED) is 0.728. The van der Waals surface area contributed by atoms with Crippen molar-refractivity contribution >= 4 is 17.6 Å². The number of nitrogens with zero attached hydrogens (tertiary/aromatic N) is 2. The third kappa shape index (κ3) is 2.08. The van der Waals surface area contributed by atoms with Crippen molar-refractivity contribution in [2.45, 2.75) is 12.2 Å². The van der Waals surface area contributed by atoms with Crippen LogP contribution >= 0.6 is 11.8 Å². The summed E-state index contributed by atoms with van der Waals surface area (Å²) in [6, 6.07) is 0. The molecule has 60 valence electrons. The van der Waals surface area contributed by atoms with Gasteiger partial charge in [-0.25, -0.2) is 4.98 Å². The third-order valence-electron chi connectivity index (χ3n) is 1.46. The van der Waals surface area contributed by atoms with E-state index in [0.29, 0.717) is 11.1 Å². The largest absolute Gasteiger partial charge is 0.382 e. The monoisotopic (exact) mass is 169 g/mol. The lowest BCUT2D eigenvalue weighted by Crippen LogP contribution is -1.96. The Labute approximate surface area is 70.4 Å². The number of hydrogen-bond acceptors (Lipinski definition) is 4. The summed E-state index contributed by atoms with van der Waals surface area (Å²) >= 11 is 1.74. The second-order valence-corrected chi connectivity index (χ2v) is 3.42. The molecule has 0 fully saturated rings. The Morgan fingerprint density at radius 1 is 1.45 bits per heavy atom. The molecule has 1 aromatic rings. The maximum Gasteiger partial charge on any atom is 0.141 e. The van der Waals surface area contributed by atoms with Crippen LogP contribution in [0.25, 0.3) is 0 Å². The second-order valence-electron chi connectivity index (χ2n) is 2.24. The molecule has 1 unspecified atom stereocenters. The lowest BCUT2D eigenvalue weighted by atomic mass is 10.3. The molecule has 3 nitrogen and oxygen atoms in total. The van der Waals surface area contributed by atoms with Gasteiger partial charge in [-0.15, -0.1) is 0 Å². The van der Waals surface area contributed by atoms with E-state index in [0.717, 1.165) is 5.69 Å². The van der Waals surface area contributed by atoms with Gasteiger partial charge in [0.1, 0.15) is 5.82 Å². The first-order valence-corrected chi connectivity index (χ1v) is 4.63. The first-order chi connectivity index (χ1) is 5.24. The van der Waals surface area contributed by atoms with Crippen molar-refractivity contribution in [3.63, 3.8) is 0 Å². The Hall–Kier alpha value is -0.770. The molecule has 0 aliphatic carbocycles. The van der Waals surface area contributed by atoms with E-state index in [9.17, 15) is 0 Å². The van der Waals surface area contributed by atoms with Crippen molar-refractivity contribution in [2.24, 2.45) is 0 Å². The molecule has 1 aromatic heterocycles. The molecular formula is C7H11N3S. The molecule has 0 aromatic carbocycles. The van der Waals surface area contributed by atoms with E-state index < -0.39 is 0 Å². The Balaban J connectivity index is 2.81. The minimum atomic E-state index is 0.392. The van der Waals surface area contributed by atoms with Crippen LogP contribution in [0.4, 0.5) is 5.82 Å². The molecule has 1 heterocycles. The zero-order valence-electron chi connectivity index (χ0n) is 6.61. The number of nitrogen functional groups attached to an aromatic ring is 1. The minimum absolute atomic E-state index is 0.392. The Bertz CT molecular complexity index is 222. The predicted octanol–water partition coefficient (Wildman–Crippen LogP) is 1.48. The van der Waals surface area contributed by atoms with Crippen molar-refractivity contribution in [2.75, 3.05) is 12.0 Å². The van der Waals surface area contributed by atoms with E-state index in [-0.39, 0.29) is 0 Å². The van der Waals surface area contributed by atoms with Crippen LogP contribution in [0.2, 0.25) is 0 Å². The second kappa shape index (κ2) is 3.57. The highest BCUT2D eigenvalue weighted by atomic mass is 32.2. The number of aromatic nitrogens is 2. The predicted molar refractivity (Wildman–Crippen MR) is 48.4 cm³/mol.